The molecule has 0 atom stereocenters. The Bertz CT molecular complexity index is 451. The first kappa shape index (κ1) is 14.2. The average Bonchev–Trinajstić information content (AvgIpc) is 2.37. The van der Waals surface area contributed by atoms with Gasteiger partial charge in [-0.1, -0.05) is 11.6 Å². The number of aromatic nitrogens is 1. The standard InChI is InChI=1S/C11H15ClN4O2/c1-3-14-10(17)6-16-11(18)7-4-9(13-2)15-5-8(7)12/h4-5H,3,6H2,1-2H3,(H,13,15)(H,14,17)(H,16,18). The Morgan fingerprint density at radius 2 is 2.11 bits per heavy atom. The number of likely N-dealkylation sites (N-methyl/N-ethyl adjacent to an activating group) is 1. The fourth-order valence-electron chi connectivity index (χ4n) is 1.26. The molecule has 0 radical (unpaired) electrons. The summed E-state index contributed by atoms with van der Waals surface area (Å²) in [6.45, 7) is 2.24. The topological polar surface area (TPSA) is 83.1 Å². The van der Waals surface area contributed by atoms with E-state index in [0.29, 0.717) is 12.4 Å². The summed E-state index contributed by atoms with van der Waals surface area (Å²) in [6, 6.07) is 1.52. The van der Waals surface area contributed by atoms with Crippen LogP contribution in [0.3, 0.4) is 0 Å². The monoisotopic (exact) mass is 270 g/mol. The Morgan fingerprint density at radius 3 is 2.72 bits per heavy atom. The summed E-state index contributed by atoms with van der Waals surface area (Å²) >= 11 is 5.87. The van der Waals surface area contributed by atoms with Crippen molar-refractivity contribution in [1.29, 1.82) is 0 Å². The molecule has 7 heteroatoms. The van der Waals surface area contributed by atoms with Crippen molar-refractivity contribution in [2.75, 3.05) is 25.5 Å². The lowest BCUT2D eigenvalue weighted by Crippen LogP contribution is -2.36. The van der Waals surface area contributed by atoms with E-state index in [9.17, 15) is 9.59 Å². The van der Waals surface area contributed by atoms with Crippen LogP contribution in [0.25, 0.3) is 0 Å². The van der Waals surface area contributed by atoms with E-state index < -0.39 is 5.91 Å². The maximum atomic E-state index is 11.8. The molecule has 0 unspecified atom stereocenters. The van der Waals surface area contributed by atoms with Crippen LogP contribution < -0.4 is 16.0 Å². The van der Waals surface area contributed by atoms with Crippen LogP contribution >= 0.6 is 11.6 Å². The minimum Gasteiger partial charge on any atom is -0.373 e. The highest BCUT2D eigenvalue weighted by molar-refractivity contribution is 6.33. The van der Waals surface area contributed by atoms with Gasteiger partial charge in [-0.05, 0) is 13.0 Å². The van der Waals surface area contributed by atoms with E-state index in [0.717, 1.165) is 0 Å². The second kappa shape index (κ2) is 6.80. The minimum absolute atomic E-state index is 0.0831. The van der Waals surface area contributed by atoms with Gasteiger partial charge in [0, 0.05) is 19.8 Å². The smallest absolute Gasteiger partial charge is 0.253 e. The van der Waals surface area contributed by atoms with E-state index in [1.807, 2.05) is 0 Å². The minimum atomic E-state index is -0.412. The van der Waals surface area contributed by atoms with Crippen molar-refractivity contribution in [3.05, 3.63) is 22.8 Å². The van der Waals surface area contributed by atoms with Crippen LogP contribution in [-0.2, 0) is 4.79 Å². The van der Waals surface area contributed by atoms with Crippen molar-refractivity contribution < 1.29 is 9.59 Å². The maximum Gasteiger partial charge on any atom is 0.253 e. The number of hydrogen-bond donors (Lipinski definition) is 3. The van der Waals surface area contributed by atoms with Crippen LogP contribution in [0, 0.1) is 0 Å². The number of pyridine rings is 1. The average molecular weight is 271 g/mol. The van der Waals surface area contributed by atoms with Gasteiger partial charge in [0.15, 0.2) is 0 Å². The molecule has 0 spiro atoms. The van der Waals surface area contributed by atoms with Gasteiger partial charge in [-0.3, -0.25) is 9.59 Å². The van der Waals surface area contributed by atoms with Gasteiger partial charge in [-0.2, -0.15) is 0 Å². The molecule has 0 aliphatic heterocycles. The predicted octanol–water partition coefficient (Wildman–Crippen LogP) is 0.643. The summed E-state index contributed by atoms with van der Waals surface area (Å²) in [7, 11) is 1.69. The Hall–Kier alpha value is -1.82. The normalized spacial score (nSPS) is 9.72. The fourth-order valence-corrected chi connectivity index (χ4v) is 1.45. The molecule has 6 nitrogen and oxygen atoms in total. The first-order valence-corrected chi connectivity index (χ1v) is 5.84. The molecule has 0 fully saturated rings. The van der Waals surface area contributed by atoms with Gasteiger partial charge < -0.3 is 16.0 Å². The Labute approximate surface area is 110 Å². The molecule has 0 saturated heterocycles. The second-order valence-corrected chi connectivity index (χ2v) is 3.84. The molecule has 0 saturated carbocycles. The van der Waals surface area contributed by atoms with Crippen molar-refractivity contribution >= 4 is 29.2 Å². The van der Waals surface area contributed by atoms with Crippen molar-refractivity contribution in [3.63, 3.8) is 0 Å². The number of nitrogens with zero attached hydrogens (tertiary/aromatic N) is 1. The SMILES string of the molecule is CCNC(=O)CNC(=O)c1cc(NC)ncc1Cl. The molecule has 1 rings (SSSR count). The molecule has 18 heavy (non-hydrogen) atoms. The Morgan fingerprint density at radius 1 is 1.39 bits per heavy atom. The summed E-state index contributed by atoms with van der Waals surface area (Å²) in [4.78, 5) is 27.0. The third-order valence-electron chi connectivity index (χ3n) is 2.14. The van der Waals surface area contributed by atoms with Crippen LogP contribution in [0.5, 0.6) is 0 Å². The lowest BCUT2D eigenvalue weighted by molar-refractivity contribution is -0.120. The summed E-state index contributed by atoms with van der Waals surface area (Å²) in [5.74, 6) is -0.127. The first-order chi connectivity index (χ1) is 8.58. The lowest BCUT2D eigenvalue weighted by atomic mass is 10.2. The number of nitrogens with one attached hydrogen (secondary N) is 3. The number of anilines is 1. The highest BCUT2D eigenvalue weighted by Crippen LogP contribution is 2.17. The zero-order valence-corrected chi connectivity index (χ0v) is 11.0. The number of amides is 2. The van der Waals surface area contributed by atoms with Crippen LogP contribution in [0.1, 0.15) is 17.3 Å². The number of carbonyl (C=O) groups excluding carboxylic acids is 2. The van der Waals surface area contributed by atoms with E-state index in [1.165, 1.54) is 12.3 Å². The highest BCUT2D eigenvalue weighted by atomic mass is 35.5. The number of hydrogen-bond acceptors (Lipinski definition) is 4. The zero-order chi connectivity index (χ0) is 13.5. The summed E-state index contributed by atoms with van der Waals surface area (Å²) < 4.78 is 0. The lowest BCUT2D eigenvalue weighted by Gasteiger charge is -2.08. The number of carbonyl (C=O) groups is 2. The molecular formula is C11H15ClN4O2. The maximum absolute atomic E-state index is 11.8. The number of halogens is 1. The summed E-state index contributed by atoms with van der Waals surface area (Å²) in [6.07, 6.45) is 1.38. The van der Waals surface area contributed by atoms with Gasteiger partial charge in [0.05, 0.1) is 17.1 Å². The molecule has 1 aromatic rings. The Balaban J connectivity index is 2.69. The van der Waals surface area contributed by atoms with Gasteiger partial charge in [0.25, 0.3) is 5.91 Å². The third kappa shape index (κ3) is 3.89. The molecule has 3 N–H and O–H groups in total. The summed E-state index contributed by atoms with van der Waals surface area (Å²) in [5.41, 5.74) is 0.278. The molecule has 0 aromatic carbocycles. The zero-order valence-electron chi connectivity index (χ0n) is 10.2. The van der Waals surface area contributed by atoms with Crippen molar-refractivity contribution in [2.24, 2.45) is 0 Å². The van der Waals surface area contributed by atoms with E-state index in [1.54, 1.807) is 14.0 Å². The van der Waals surface area contributed by atoms with Crippen LogP contribution in [-0.4, -0.2) is 36.9 Å². The molecule has 98 valence electrons. The highest BCUT2D eigenvalue weighted by Gasteiger charge is 2.12. The van der Waals surface area contributed by atoms with E-state index in [2.05, 4.69) is 20.9 Å². The quantitative estimate of drug-likeness (QED) is 0.733. The largest absolute Gasteiger partial charge is 0.373 e. The molecule has 1 aromatic heterocycles. The molecule has 1 heterocycles. The van der Waals surface area contributed by atoms with Crippen molar-refractivity contribution in [1.82, 2.24) is 15.6 Å². The first-order valence-electron chi connectivity index (χ1n) is 5.46. The van der Waals surface area contributed by atoms with Gasteiger partial charge in [0.2, 0.25) is 5.91 Å². The second-order valence-electron chi connectivity index (χ2n) is 3.44. The van der Waals surface area contributed by atoms with E-state index in [-0.39, 0.29) is 23.0 Å². The molecule has 0 aliphatic rings. The van der Waals surface area contributed by atoms with Crippen molar-refractivity contribution in [2.45, 2.75) is 6.92 Å². The van der Waals surface area contributed by atoms with E-state index >= 15 is 0 Å². The number of rotatable bonds is 5. The summed E-state index contributed by atoms with van der Waals surface area (Å²) in [5, 5.41) is 8.11. The molecule has 2 amide bonds. The Kier molecular flexibility index (Phi) is 5.38. The van der Waals surface area contributed by atoms with Gasteiger partial charge in [-0.25, -0.2) is 4.98 Å². The third-order valence-corrected chi connectivity index (χ3v) is 2.44. The van der Waals surface area contributed by atoms with Crippen LogP contribution in [0.2, 0.25) is 5.02 Å². The van der Waals surface area contributed by atoms with Gasteiger partial charge in [0.1, 0.15) is 5.82 Å². The van der Waals surface area contributed by atoms with Gasteiger partial charge in [-0.15, -0.1) is 0 Å². The molecule has 0 aliphatic carbocycles. The van der Waals surface area contributed by atoms with Gasteiger partial charge >= 0.3 is 0 Å². The fraction of sp³-hybridized carbons (Fsp3) is 0.364. The van der Waals surface area contributed by atoms with E-state index in [4.69, 9.17) is 11.6 Å². The molecular weight excluding hydrogens is 256 g/mol. The van der Waals surface area contributed by atoms with Crippen LogP contribution in [0.4, 0.5) is 5.82 Å². The predicted molar refractivity (Wildman–Crippen MR) is 69.8 cm³/mol. The van der Waals surface area contributed by atoms with Crippen molar-refractivity contribution in [3.8, 4) is 0 Å². The molecule has 0 bridgehead atoms. The van der Waals surface area contributed by atoms with Crippen LogP contribution in [0.15, 0.2) is 12.3 Å².